The molecule has 0 bridgehead atoms. The van der Waals surface area contributed by atoms with Gasteiger partial charge in [-0.3, -0.25) is 39.2 Å². The number of rotatable bonds is 9. The molecule has 0 saturated carbocycles. The van der Waals surface area contributed by atoms with E-state index in [1.165, 1.54) is 0 Å². The molecule has 57 heavy (non-hydrogen) atoms. The number of aliphatic imine (C=N–C) groups is 1. The number of benzene rings is 3. The number of guanidine groups is 1. The summed E-state index contributed by atoms with van der Waals surface area (Å²) in [7, 11) is 0. The molecule has 0 radical (unpaired) electrons. The van der Waals surface area contributed by atoms with E-state index in [0.29, 0.717) is 12.8 Å². The summed E-state index contributed by atoms with van der Waals surface area (Å²) < 4.78 is 0. The molecule has 3 aromatic carbocycles. The van der Waals surface area contributed by atoms with E-state index in [9.17, 15) is 28.8 Å². The van der Waals surface area contributed by atoms with Gasteiger partial charge in [-0.2, -0.15) is 0 Å². The standard InChI is InChI=1S/C40H51N11O6/c41-40(42)45-19-7-13-30-36(54)50-33(22-27-23-46-29-11-4-3-10-28(27)29)38(56)49-31(39(57)51-43)12-5-6-18-44-34(52)16-17-35(53)47-32(37(55)48-30)21-24-14-15-25-8-1-2-9-26(25)20-24/h1-4,8-11,14-15,20,23,30-33,46H,5-7,12-13,16-19,21-22,43H2,(H,44,52)(H,47,53)(H,48,55)(H,49,56)(H,50,54)(H,51,57)(H4,41,42,45)/t30-,31+,32-,33+/m0/s1. The number of amides is 6. The summed E-state index contributed by atoms with van der Waals surface area (Å²) in [5, 5.41) is 16.7. The van der Waals surface area contributed by atoms with Crippen LogP contribution in [0.2, 0.25) is 0 Å². The number of nitrogens with zero attached hydrogens (tertiary/aromatic N) is 1. The van der Waals surface area contributed by atoms with Crippen LogP contribution < -0.4 is 49.3 Å². The highest BCUT2D eigenvalue weighted by atomic mass is 16.2. The lowest BCUT2D eigenvalue weighted by Gasteiger charge is -2.27. The Morgan fingerprint density at radius 3 is 2.23 bits per heavy atom. The molecule has 0 spiro atoms. The first-order valence-corrected chi connectivity index (χ1v) is 19.1. The molecular formula is C40H51N11O6. The van der Waals surface area contributed by atoms with Crippen LogP contribution >= 0.6 is 0 Å². The van der Waals surface area contributed by atoms with E-state index in [1.807, 2.05) is 66.7 Å². The summed E-state index contributed by atoms with van der Waals surface area (Å²) in [6, 6.07) is 16.3. The van der Waals surface area contributed by atoms with Gasteiger partial charge in [0.1, 0.15) is 24.2 Å². The fraction of sp³-hybridized carbons (Fsp3) is 0.375. The van der Waals surface area contributed by atoms with Crippen molar-refractivity contribution in [2.45, 2.75) is 82.0 Å². The normalized spacial score (nSPS) is 20.7. The molecule has 1 aromatic heterocycles. The monoisotopic (exact) mass is 781 g/mol. The van der Waals surface area contributed by atoms with E-state index in [4.69, 9.17) is 17.3 Å². The van der Waals surface area contributed by atoms with Gasteiger partial charge in [0, 0.05) is 55.9 Å². The minimum atomic E-state index is -1.21. The van der Waals surface area contributed by atoms with Crippen molar-refractivity contribution in [2.24, 2.45) is 22.3 Å². The first-order chi connectivity index (χ1) is 27.5. The Labute approximate surface area is 329 Å². The first-order valence-electron chi connectivity index (χ1n) is 19.1. The quantitative estimate of drug-likeness (QED) is 0.0276. The lowest BCUT2D eigenvalue weighted by Crippen LogP contribution is -2.59. The number of nitrogens with one attached hydrogen (secondary N) is 7. The molecule has 0 aliphatic carbocycles. The molecule has 4 atom stereocenters. The van der Waals surface area contributed by atoms with Crippen molar-refractivity contribution in [1.82, 2.24) is 37.0 Å². The summed E-state index contributed by atoms with van der Waals surface area (Å²) in [4.78, 5) is 88.4. The van der Waals surface area contributed by atoms with Gasteiger partial charge in [0.15, 0.2) is 5.96 Å². The van der Waals surface area contributed by atoms with Crippen LogP contribution in [0.1, 0.15) is 56.1 Å². The maximum absolute atomic E-state index is 14.3. The topological polar surface area (TPSA) is 281 Å². The zero-order valence-electron chi connectivity index (χ0n) is 31.6. The summed E-state index contributed by atoms with van der Waals surface area (Å²) in [6.45, 7) is 0.415. The van der Waals surface area contributed by atoms with Gasteiger partial charge >= 0.3 is 0 Å². The van der Waals surface area contributed by atoms with Gasteiger partial charge in [-0.1, -0.05) is 60.7 Å². The fourth-order valence-electron chi connectivity index (χ4n) is 6.78. The van der Waals surface area contributed by atoms with E-state index in [1.54, 1.807) is 6.20 Å². The highest BCUT2D eigenvalue weighted by molar-refractivity contribution is 5.96. The Morgan fingerprint density at radius 1 is 0.754 bits per heavy atom. The number of hydrogen-bond acceptors (Lipinski definition) is 8. The van der Waals surface area contributed by atoms with Gasteiger partial charge in [-0.15, -0.1) is 0 Å². The molecule has 1 fully saturated rings. The second kappa shape index (κ2) is 20.4. The molecule has 1 aliphatic rings. The molecule has 4 aromatic rings. The summed E-state index contributed by atoms with van der Waals surface area (Å²) >= 11 is 0. The third-order valence-electron chi connectivity index (χ3n) is 9.81. The molecule has 17 heteroatoms. The Hall–Kier alpha value is -6.49. The number of carbonyl (C=O) groups excluding carboxylic acids is 6. The smallest absolute Gasteiger partial charge is 0.256 e. The summed E-state index contributed by atoms with van der Waals surface area (Å²) in [6.07, 6.45) is 2.94. The highest BCUT2D eigenvalue weighted by Gasteiger charge is 2.32. The Balaban J connectivity index is 1.47. The molecule has 13 N–H and O–H groups in total. The molecule has 6 amide bonds. The average molecular weight is 782 g/mol. The number of para-hydroxylation sites is 1. The van der Waals surface area contributed by atoms with Crippen LogP contribution in [-0.4, -0.2) is 83.6 Å². The number of aromatic amines is 1. The SMILES string of the molecule is NNC(=O)[C@H]1CCCCNC(=O)CCC(=O)N[C@@H](Cc2ccc3ccccc3c2)C(=O)N[C@@H](CCCN=C(N)N)C(=O)N[C@H](Cc2c[nH]c3ccccc23)C(=O)N1. The Bertz CT molecular complexity index is 2100. The molecular weight excluding hydrogens is 731 g/mol. The largest absolute Gasteiger partial charge is 0.370 e. The maximum Gasteiger partial charge on any atom is 0.256 e. The number of H-pyrrole nitrogens is 1. The summed E-state index contributed by atoms with van der Waals surface area (Å²) in [5.74, 6) is 1.81. The van der Waals surface area contributed by atoms with Crippen LogP contribution in [0.15, 0.2) is 77.9 Å². The van der Waals surface area contributed by atoms with Crippen molar-refractivity contribution in [3.8, 4) is 0 Å². The number of hydrazine groups is 1. The predicted octanol–water partition coefficient (Wildman–Crippen LogP) is 0.169. The van der Waals surface area contributed by atoms with E-state index < -0.39 is 53.7 Å². The Kier molecular flexibility index (Phi) is 14.9. The van der Waals surface area contributed by atoms with Gasteiger partial charge in [-0.05, 0) is 60.1 Å². The van der Waals surface area contributed by atoms with E-state index in [-0.39, 0.29) is 69.9 Å². The Morgan fingerprint density at radius 2 is 1.44 bits per heavy atom. The second-order valence-corrected chi connectivity index (χ2v) is 14.1. The van der Waals surface area contributed by atoms with Gasteiger partial charge < -0.3 is 43.0 Å². The number of carbonyl (C=O) groups is 6. The van der Waals surface area contributed by atoms with Crippen molar-refractivity contribution in [2.75, 3.05) is 13.1 Å². The molecule has 17 nitrogen and oxygen atoms in total. The molecule has 1 aliphatic heterocycles. The first kappa shape index (κ1) is 41.7. The number of nitrogens with two attached hydrogens (primary N) is 3. The lowest BCUT2D eigenvalue weighted by molar-refractivity contribution is -0.135. The van der Waals surface area contributed by atoms with Crippen molar-refractivity contribution >= 4 is 63.1 Å². The molecule has 0 unspecified atom stereocenters. The van der Waals surface area contributed by atoms with Crippen LogP contribution in [0, 0.1) is 0 Å². The lowest BCUT2D eigenvalue weighted by atomic mass is 10.00. The third-order valence-corrected chi connectivity index (χ3v) is 9.81. The second-order valence-electron chi connectivity index (χ2n) is 14.1. The zero-order valence-corrected chi connectivity index (χ0v) is 31.6. The van der Waals surface area contributed by atoms with Crippen LogP contribution in [0.5, 0.6) is 0 Å². The number of hydrogen-bond donors (Lipinski definition) is 10. The number of aromatic nitrogens is 1. The van der Waals surface area contributed by atoms with Crippen molar-refractivity contribution in [1.29, 1.82) is 0 Å². The fourth-order valence-corrected chi connectivity index (χ4v) is 6.78. The van der Waals surface area contributed by atoms with Crippen molar-refractivity contribution in [3.63, 3.8) is 0 Å². The van der Waals surface area contributed by atoms with E-state index in [2.05, 4.69) is 42.0 Å². The molecule has 5 rings (SSSR count). The average Bonchev–Trinajstić information content (AvgIpc) is 3.61. The predicted molar refractivity (Wildman–Crippen MR) is 216 cm³/mol. The third kappa shape index (κ3) is 12.3. The van der Waals surface area contributed by atoms with Crippen LogP contribution in [0.25, 0.3) is 21.7 Å². The maximum atomic E-state index is 14.3. The summed E-state index contributed by atoms with van der Waals surface area (Å²) in [5.41, 5.74) is 15.4. The highest BCUT2D eigenvalue weighted by Crippen LogP contribution is 2.20. The van der Waals surface area contributed by atoms with Gasteiger partial charge in [0.2, 0.25) is 29.5 Å². The molecule has 2 heterocycles. The van der Waals surface area contributed by atoms with Gasteiger partial charge in [0.25, 0.3) is 5.91 Å². The molecule has 1 saturated heterocycles. The zero-order chi connectivity index (χ0) is 40.7. The number of fused-ring (bicyclic) bond motifs is 2. The van der Waals surface area contributed by atoms with E-state index in [0.717, 1.165) is 32.8 Å². The van der Waals surface area contributed by atoms with Gasteiger partial charge in [0.05, 0.1) is 0 Å². The van der Waals surface area contributed by atoms with Crippen LogP contribution in [0.3, 0.4) is 0 Å². The van der Waals surface area contributed by atoms with Crippen LogP contribution in [-0.2, 0) is 41.6 Å². The van der Waals surface area contributed by atoms with Crippen LogP contribution in [0.4, 0.5) is 0 Å². The van der Waals surface area contributed by atoms with E-state index >= 15 is 0 Å². The minimum absolute atomic E-state index is 0.0277. The minimum Gasteiger partial charge on any atom is -0.370 e. The van der Waals surface area contributed by atoms with Gasteiger partial charge in [-0.25, -0.2) is 5.84 Å². The molecule has 302 valence electrons. The van der Waals surface area contributed by atoms with Crippen molar-refractivity contribution < 1.29 is 28.8 Å². The van der Waals surface area contributed by atoms with Crippen molar-refractivity contribution in [3.05, 3.63) is 84.1 Å².